The molecule has 0 fully saturated rings. The number of alkyl halides is 10. The van der Waals surface area contributed by atoms with E-state index in [9.17, 15) is 53.0 Å². The van der Waals surface area contributed by atoms with Crippen LogP contribution in [0.25, 0.3) is 0 Å². The van der Waals surface area contributed by atoms with E-state index in [4.69, 9.17) is 0 Å². The first kappa shape index (κ1) is 49.2. The zero-order chi connectivity index (χ0) is 23.8. The van der Waals surface area contributed by atoms with Gasteiger partial charge in [0.1, 0.15) is 19.8 Å². The lowest BCUT2D eigenvalue weighted by Gasteiger charge is -2.23. The average molecular weight is 532 g/mol. The molecule has 0 saturated heterocycles. The predicted molar refractivity (Wildman–Crippen MR) is 101 cm³/mol. The molecule has 0 bridgehead atoms. The molecule has 0 amide bonds. The minimum atomic E-state index is -4.77. The Morgan fingerprint density at radius 1 is 0.576 bits per heavy atom. The van der Waals surface area contributed by atoms with Crippen molar-refractivity contribution in [1.29, 1.82) is 0 Å². The van der Waals surface area contributed by atoms with Gasteiger partial charge in [-0.25, -0.2) is 8.78 Å². The van der Waals surface area contributed by atoms with Crippen LogP contribution in [0.4, 0.5) is 53.0 Å². The van der Waals surface area contributed by atoms with Gasteiger partial charge in [-0.15, -0.1) is 0 Å². The van der Waals surface area contributed by atoms with Crippen LogP contribution in [0.3, 0.4) is 0 Å². The van der Waals surface area contributed by atoms with Crippen molar-refractivity contribution < 1.29 is 72.3 Å². The number of halogens is 12. The summed E-state index contributed by atoms with van der Waals surface area (Å²) in [6.45, 7) is -8.02. The quantitative estimate of drug-likeness (QED) is 0.193. The van der Waals surface area contributed by atoms with Crippen LogP contribution in [0.15, 0.2) is 0 Å². The maximum atomic E-state index is 12.4. The van der Waals surface area contributed by atoms with E-state index in [0.717, 1.165) is 7.11 Å². The second-order valence-electron chi connectivity index (χ2n) is 4.74. The summed E-state index contributed by atoms with van der Waals surface area (Å²) in [4.78, 5) is 5.69. The Balaban J connectivity index is -0.0000000663. The standard InChI is InChI=1S/C6H8F6O2.C6H9F5O.CH3FO.4CH4/c7-3-5(8,9)6(10,11)4-13-1-2-14-12;1-2-12-4-6(10,11)5(8,9)3-7;1-3-2;;;;/h1-4H2;2-4H2,1H3;1H3;4*1H4. The van der Waals surface area contributed by atoms with Crippen LogP contribution in [0, 0.1) is 0 Å². The second-order valence-corrected chi connectivity index (χ2v) is 4.74. The van der Waals surface area contributed by atoms with E-state index in [0.29, 0.717) is 0 Å². The third-order valence-corrected chi connectivity index (χ3v) is 2.48. The summed E-state index contributed by atoms with van der Waals surface area (Å²) >= 11 is 0. The molecule has 0 aliphatic carbocycles. The summed E-state index contributed by atoms with van der Waals surface area (Å²) in [5, 5.41) is 0. The third-order valence-electron chi connectivity index (χ3n) is 2.48. The molecule has 212 valence electrons. The molecule has 0 spiro atoms. The number of ether oxygens (including phenoxy) is 2. The fourth-order valence-corrected chi connectivity index (χ4v) is 0.928. The Morgan fingerprint density at radius 3 is 1.12 bits per heavy atom. The SMILES string of the molecule is C.C.C.C.CCOCC(F)(F)C(F)(F)CF.COF.FCC(F)(F)C(F)(F)COCCOF. The van der Waals surface area contributed by atoms with Crippen molar-refractivity contribution in [3.05, 3.63) is 0 Å². The molecule has 0 rings (SSSR count). The molecule has 0 aromatic carbocycles. The molecular weight excluding hydrogens is 496 g/mol. The Labute approximate surface area is 187 Å². The van der Waals surface area contributed by atoms with Gasteiger partial charge in [0, 0.05) is 6.61 Å². The summed E-state index contributed by atoms with van der Waals surface area (Å²) in [6, 6.07) is 0. The van der Waals surface area contributed by atoms with E-state index in [1.165, 1.54) is 6.92 Å². The van der Waals surface area contributed by atoms with Gasteiger partial charge in [0.15, 0.2) is 13.3 Å². The van der Waals surface area contributed by atoms with Crippen LogP contribution in [-0.2, 0) is 19.4 Å². The first-order valence-corrected chi connectivity index (χ1v) is 7.33. The largest absolute Gasteiger partial charge is 0.375 e. The Bertz CT molecular complexity index is 389. The first-order valence-electron chi connectivity index (χ1n) is 7.33. The van der Waals surface area contributed by atoms with E-state index in [1.807, 2.05) is 0 Å². The molecule has 0 unspecified atom stereocenters. The van der Waals surface area contributed by atoms with Crippen LogP contribution < -0.4 is 0 Å². The maximum Gasteiger partial charge on any atom is 0.340 e. The fourth-order valence-electron chi connectivity index (χ4n) is 0.928. The van der Waals surface area contributed by atoms with Gasteiger partial charge in [-0.3, -0.25) is 0 Å². The van der Waals surface area contributed by atoms with E-state index in [1.54, 1.807) is 0 Å². The summed E-state index contributed by atoms with van der Waals surface area (Å²) in [6.07, 6.45) is 0. The van der Waals surface area contributed by atoms with Crippen LogP contribution >= 0.6 is 0 Å². The van der Waals surface area contributed by atoms with Gasteiger partial charge in [0.05, 0.1) is 13.7 Å². The van der Waals surface area contributed by atoms with Crippen molar-refractivity contribution in [2.24, 2.45) is 0 Å². The molecule has 0 heterocycles. The molecule has 0 N–H and O–H groups in total. The summed E-state index contributed by atoms with van der Waals surface area (Å²) in [5.41, 5.74) is 0. The highest BCUT2D eigenvalue weighted by atomic mass is 19.3. The topological polar surface area (TPSA) is 36.9 Å². The number of rotatable bonds is 12. The minimum absolute atomic E-state index is 0. The Hall–Kier alpha value is -1.00. The summed E-state index contributed by atoms with van der Waals surface area (Å²) in [7, 11) is 0.958. The lowest BCUT2D eigenvalue weighted by Crippen LogP contribution is -2.46. The number of hydrogen-bond acceptors (Lipinski definition) is 4. The predicted octanol–water partition coefficient (Wildman–Crippen LogP) is 7.47. The molecule has 0 aliphatic heterocycles. The first-order chi connectivity index (χ1) is 13.2. The van der Waals surface area contributed by atoms with Gasteiger partial charge in [-0.05, 0) is 16.0 Å². The van der Waals surface area contributed by atoms with E-state index >= 15 is 0 Å². The molecule has 0 aliphatic rings. The summed E-state index contributed by atoms with van der Waals surface area (Å²) in [5.74, 6) is -18.5. The highest BCUT2D eigenvalue weighted by Gasteiger charge is 2.57. The third kappa shape index (κ3) is 21.3. The molecule has 0 saturated carbocycles. The normalized spacial score (nSPS) is 11.1. The van der Waals surface area contributed by atoms with Crippen LogP contribution in [0.2, 0.25) is 0 Å². The minimum Gasteiger partial charge on any atom is -0.375 e. The van der Waals surface area contributed by atoms with Crippen molar-refractivity contribution in [3.8, 4) is 0 Å². The maximum absolute atomic E-state index is 12.4. The van der Waals surface area contributed by atoms with E-state index in [-0.39, 0.29) is 36.3 Å². The van der Waals surface area contributed by atoms with Gasteiger partial charge in [0.25, 0.3) is 0 Å². The fraction of sp³-hybridized carbons (Fsp3) is 1.00. The molecule has 0 aromatic heterocycles. The zero-order valence-electron chi connectivity index (χ0n) is 15.1. The van der Waals surface area contributed by atoms with E-state index in [2.05, 4.69) is 19.4 Å². The van der Waals surface area contributed by atoms with Gasteiger partial charge < -0.3 is 9.47 Å². The van der Waals surface area contributed by atoms with Crippen LogP contribution in [0.5, 0.6) is 0 Å². The van der Waals surface area contributed by atoms with Crippen molar-refractivity contribution in [3.63, 3.8) is 0 Å². The monoisotopic (exact) mass is 532 g/mol. The van der Waals surface area contributed by atoms with E-state index < -0.39 is 63.5 Å². The molecule has 0 radical (unpaired) electrons. The lowest BCUT2D eigenvalue weighted by molar-refractivity contribution is -0.241. The smallest absolute Gasteiger partial charge is 0.340 e. The van der Waals surface area contributed by atoms with Gasteiger partial charge in [-0.2, -0.15) is 45.0 Å². The van der Waals surface area contributed by atoms with Crippen molar-refractivity contribution in [1.82, 2.24) is 0 Å². The zero-order valence-corrected chi connectivity index (χ0v) is 15.1. The van der Waals surface area contributed by atoms with Crippen LogP contribution in [0.1, 0.15) is 36.6 Å². The molecule has 33 heavy (non-hydrogen) atoms. The highest BCUT2D eigenvalue weighted by molar-refractivity contribution is 4.84. The van der Waals surface area contributed by atoms with Crippen molar-refractivity contribution >= 4 is 0 Å². The van der Waals surface area contributed by atoms with Gasteiger partial charge in [0.2, 0.25) is 0 Å². The van der Waals surface area contributed by atoms with Crippen molar-refractivity contribution in [2.75, 3.05) is 53.5 Å². The molecule has 0 aromatic rings. The number of hydrogen-bond donors (Lipinski definition) is 0. The molecule has 0 atom stereocenters. The molecule has 4 nitrogen and oxygen atoms in total. The molecule has 16 heteroatoms. The van der Waals surface area contributed by atoms with Gasteiger partial charge >= 0.3 is 23.7 Å². The van der Waals surface area contributed by atoms with Crippen LogP contribution in [-0.4, -0.2) is 77.2 Å². The highest BCUT2D eigenvalue weighted by Crippen LogP contribution is 2.35. The Kier molecular flexibility index (Phi) is 36.0. The second kappa shape index (κ2) is 24.1. The summed E-state index contributed by atoms with van der Waals surface area (Å²) < 4.78 is 149. The average Bonchev–Trinajstić information content (AvgIpc) is 2.64. The Morgan fingerprint density at radius 2 is 0.879 bits per heavy atom. The van der Waals surface area contributed by atoms with Gasteiger partial charge in [-0.1, -0.05) is 29.7 Å². The molecular formula is C17H36F12O4. The lowest BCUT2D eigenvalue weighted by atomic mass is 10.2. The van der Waals surface area contributed by atoms with Crippen molar-refractivity contribution in [2.45, 2.75) is 60.3 Å².